The van der Waals surface area contributed by atoms with Crippen LogP contribution < -0.4 is 0 Å². The van der Waals surface area contributed by atoms with E-state index >= 15 is 0 Å². The Hall–Kier alpha value is 0.200. The topological polar surface area (TPSA) is 37.4 Å². The van der Waals surface area contributed by atoms with E-state index < -0.39 is 9.24 Å². The standard InChI is InChI=1S/C9H16ClNO2S/c10-14(12,13)11-7-3-5-8-4-1-2-6-9(8)11/h8-9H,1-7H2/t8-,9+/m0/s1. The summed E-state index contributed by atoms with van der Waals surface area (Å²) in [4.78, 5) is 0. The van der Waals surface area contributed by atoms with E-state index in [4.69, 9.17) is 10.7 Å². The number of halogens is 1. The Kier molecular flexibility index (Phi) is 3.05. The predicted molar refractivity (Wildman–Crippen MR) is 56.5 cm³/mol. The van der Waals surface area contributed by atoms with Crippen molar-refractivity contribution >= 4 is 19.9 Å². The van der Waals surface area contributed by atoms with E-state index in [9.17, 15) is 8.42 Å². The zero-order valence-electron chi connectivity index (χ0n) is 8.15. The number of hydrogen-bond acceptors (Lipinski definition) is 2. The van der Waals surface area contributed by atoms with Crippen molar-refractivity contribution in [3.8, 4) is 0 Å². The van der Waals surface area contributed by atoms with Gasteiger partial charge >= 0.3 is 0 Å². The second kappa shape index (κ2) is 3.99. The fraction of sp³-hybridized carbons (Fsp3) is 1.00. The van der Waals surface area contributed by atoms with Crippen LogP contribution in [0.15, 0.2) is 0 Å². The zero-order chi connectivity index (χ0) is 10.2. The smallest absolute Gasteiger partial charge is 0.195 e. The highest BCUT2D eigenvalue weighted by Crippen LogP contribution is 2.37. The Morgan fingerprint density at radius 1 is 1.07 bits per heavy atom. The van der Waals surface area contributed by atoms with E-state index in [0.29, 0.717) is 12.5 Å². The summed E-state index contributed by atoms with van der Waals surface area (Å²) < 4.78 is 24.2. The first-order valence-corrected chi connectivity index (χ1v) is 7.57. The Morgan fingerprint density at radius 2 is 1.71 bits per heavy atom. The number of fused-ring (bicyclic) bond motifs is 1. The maximum Gasteiger partial charge on any atom is 0.300 e. The SMILES string of the molecule is O=S(=O)(Cl)N1CCC[C@@H]2CCCC[C@H]21. The van der Waals surface area contributed by atoms with Crippen LogP contribution in [0.5, 0.6) is 0 Å². The molecule has 2 rings (SSSR count). The molecule has 0 spiro atoms. The molecule has 0 aromatic rings. The van der Waals surface area contributed by atoms with Gasteiger partial charge in [0.25, 0.3) is 9.24 Å². The average molecular weight is 238 g/mol. The van der Waals surface area contributed by atoms with Crippen molar-refractivity contribution in [3.05, 3.63) is 0 Å². The van der Waals surface area contributed by atoms with Crippen LogP contribution in [0.4, 0.5) is 0 Å². The Morgan fingerprint density at radius 3 is 2.43 bits per heavy atom. The molecule has 3 nitrogen and oxygen atoms in total. The van der Waals surface area contributed by atoms with Gasteiger partial charge in [0.05, 0.1) is 0 Å². The van der Waals surface area contributed by atoms with E-state index in [1.807, 2.05) is 0 Å². The van der Waals surface area contributed by atoms with E-state index in [-0.39, 0.29) is 6.04 Å². The van der Waals surface area contributed by atoms with E-state index in [1.54, 1.807) is 0 Å². The summed E-state index contributed by atoms with van der Waals surface area (Å²) in [5, 5.41) is 0. The van der Waals surface area contributed by atoms with Crippen molar-refractivity contribution in [3.63, 3.8) is 0 Å². The minimum Gasteiger partial charge on any atom is -0.195 e. The van der Waals surface area contributed by atoms with Crippen LogP contribution in [0.2, 0.25) is 0 Å². The summed E-state index contributed by atoms with van der Waals surface area (Å²) in [7, 11) is 1.94. The molecule has 1 saturated carbocycles. The predicted octanol–water partition coefficient (Wildman–Crippen LogP) is 2.12. The zero-order valence-corrected chi connectivity index (χ0v) is 9.73. The monoisotopic (exact) mass is 237 g/mol. The molecule has 1 aliphatic heterocycles. The lowest BCUT2D eigenvalue weighted by Gasteiger charge is -2.41. The highest BCUT2D eigenvalue weighted by molar-refractivity contribution is 8.11. The summed E-state index contributed by atoms with van der Waals surface area (Å²) >= 11 is 0. The lowest BCUT2D eigenvalue weighted by atomic mass is 9.79. The van der Waals surface area contributed by atoms with Gasteiger partial charge in [0, 0.05) is 23.3 Å². The second-order valence-electron chi connectivity index (χ2n) is 4.31. The molecule has 5 heteroatoms. The molecule has 0 aromatic carbocycles. The fourth-order valence-electron chi connectivity index (χ4n) is 2.85. The third kappa shape index (κ3) is 2.07. The molecule has 1 aliphatic carbocycles. The van der Waals surface area contributed by atoms with Crippen LogP contribution in [0, 0.1) is 5.92 Å². The third-order valence-electron chi connectivity index (χ3n) is 3.47. The van der Waals surface area contributed by atoms with Crippen molar-refractivity contribution < 1.29 is 8.42 Å². The number of rotatable bonds is 1. The molecule has 0 unspecified atom stereocenters. The van der Waals surface area contributed by atoms with Crippen LogP contribution in [0.3, 0.4) is 0 Å². The maximum absolute atomic E-state index is 11.3. The van der Waals surface area contributed by atoms with Crippen LogP contribution in [0.25, 0.3) is 0 Å². The Bertz CT molecular complexity index is 302. The van der Waals surface area contributed by atoms with Gasteiger partial charge in [-0.1, -0.05) is 12.8 Å². The molecule has 2 atom stereocenters. The fourth-order valence-corrected chi connectivity index (χ4v) is 4.31. The second-order valence-corrected chi connectivity index (χ2v) is 6.77. The molecule has 14 heavy (non-hydrogen) atoms. The largest absolute Gasteiger partial charge is 0.300 e. The van der Waals surface area contributed by atoms with Gasteiger partial charge in [-0.3, -0.25) is 0 Å². The molecule has 1 saturated heterocycles. The Labute approximate surface area is 90.0 Å². The lowest BCUT2D eigenvalue weighted by Crippen LogP contribution is -2.47. The first-order chi connectivity index (χ1) is 6.59. The van der Waals surface area contributed by atoms with Gasteiger partial charge in [-0.05, 0) is 31.6 Å². The molecule has 0 aromatic heterocycles. The summed E-state index contributed by atoms with van der Waals surface area (Å²) in [5.74, 6) is 0.561. The highest BCUT2D eigenvalue weighted by atomic mass is 35.7. The van der Waals surface area contributed by atoms with E-state index in [2.05, 4.69) is 0 Å². The highest BCUT2D eigenvalue weighted by Gasteiger charge is 2.38. The van der Waals surface area contributed by atoms with Crippen molar-refractivity contribution in [1.29, 1.82) is 0 Å². The summed E-state index contributed by atoms with van der Waals surface area (Å²) in [6.45, 7) is 0.618. The van der Waals surface area contributed by atoms with Gasteiger partial charge in [0.2, 0.25) is 0 Å². The summed E-state index contributed by atoms with van der Waals surface area (Å²) in [6.07, 6.45) is 6.70. The van der Waals surface area contributed by atoms with Crippen LogP contribution in [0.1, 0.15) is 38.5 Å². The van der Waals surface area contributed by atoms with Crippen LogP contribution >= 0.6 is 10.7 Å². The molecular weight excluding hydrogens is 222 g/mol. The van der Waals surface area contributed by atoms with Crippen molar-refractivity contribution in [2.24, 2.45) is 5.92 Å². The van der Waals surface area contributed by atoms with E-state index in [0.717, 1.165) is 19.3 Å². The van der Waals surface area contributed by atoms with Crippen LogP contribution in [-0.2, 0) is 9.24 Å². The molecule has 0 bridgehead atoms. The molecule has 0 radical (unpaired) electrons. The van der Waals surface area contributed by atoms with Gasteiger partial charge in [0.1, 0.15) is 0 Å². The lowest BCUT2D eigenvalue weighted by molar-refractivity contribution is 0.131. The summed E-state index contributed by atoms with van der Waals surface area (Å²) in [6, 6.07) is 0.194. The van der Waals surface area contributed by atoms with Gasteiger partial charge in [0.15, 0.2) is 0 Å². The van der Waals surface area contributed by atoms with Crippen LogP contribution in [-0.4, -0.2) is 25.3 Å². The molecule has 2 fully saturated rings. The first kappa shape index (κ1) is 10.7. The van der Waals surface area contributed by atoms with Crippen molar-refractivity contribution in [1.82, 2.24) is 4.31 Å². The van der Waals surface area contributed by atoms with Crippen molar-refractivity contribution in [2.45, 2.75) is 44.6 Å². The summed E-state index contributed by atoms with van der Waals surface area (Å²) in [5.41, 5.74) is 0. The van der Waals surface area contributed by atoms with Gasteiger partial charge in [-0.2, -0.15) is 12.7 Å². The molecular formula is C9H16ClNO2S. The molecule has 0 N–H and O–H groups in total. The molecule has 2 aliphatic rings. The normalized spacial score (nSPS) is 35.2. The third-order valence-corrected chi connectivity index (χ3v) is 5.02. The van der Waals surface area contributed by atoms with E-state index in [1.165, 1.54) is 23.6 Å². The molecule has 1 heterocycles. The molecule has 82 valence electrons. The average Bonchev–Trinajstić information content (AvgIpc) is 2.15. The minimum atomic E-state index is -3.49. The molecule has 0 amide bonds. The number of hydrogen-bond donors (Lipinski definition) is 0. The number of nitrogens with zero attached hydrogens (tertiary/aromatic N) is 1. The minimum absolute atomic E-state index is 0.194. The maximum atomic E-state index is 11.3. The van der Waals surface area contributed by atoms with Crippen molar-refractivity contribution in [2.75, 3.05) is 6.54 Å². The van der Waals surface area contributed by atoms with Gasteiger partial charge in [-0.15, -0.1) is 0 Å². The quantitative estimate of drug-likeness (QED) is 0.656. The van der Waals surface area contributed by atoms with Gasteiger partial charge in [-0.25, -0.2) is 0 Å². The van der Waals surface area contributed by atoms with Gasteiger partial charge < -0.3 is 0 Å². The number of piperidine rings is 1. The first-order valence-electron chi connectivity index (χ1n) is 5.30. The Balaban J connectivity index is 2.17.